The summed E-state index contributed by atoms with van der Waals surface area (Å²) in [7, 11) is 1.72. The highest BCUT2D eigenvalue weighted by molar-refractivity contribution is 9.10. The van der Waals surface area contributed by atoms with Gasteiger partial charge < -0.3 is 10.6 Å². The van der Waals surface area contributed by atoms with E-state index in [9.17, 15) is 9.18 Å². The first kappa shape index (κ1) is 17.4. The van der Waals surface area contributed by atoms with Crippen LogP contribution in [0.3, 0.4) is 0 Å². The fraction of sp³-hybridized carbons (Fsp3) is 0.417. The molecule has 6 heteroatoms. The SMILES string of the molecule is CNCC(=O)NCCCc1ccc(Br)cc1F.Cl. The Morgan fingerprint density at radius 2 is 2.17 bits per heavy atom. The van der Waals surface area contributed by atoms with Gasteiger partial charge in [0.25, 0.3) is 0 Å². The van der Waals surface area contributed by atoms with E-state index in [0.29, 0.717) is 25.1 Å². The predicted octanol–water partition coefficient (Wildman–Crippen LogP) is 2.28. The third-order valence-electron chi connectivity index (χ3n) is 2.30. The van der Waals surface area contributed by atoms with Crippen LogP contribution in [-0.4, -0.2) is 26.0 Å². The molecule has 0 fully saturated rings. The van der Waals surface area contributed by atoms with Gasteiger partial charge in [0.1, 0.15) is 5.82 Å². The molecule has 0 unspecified atom stereocenters. The quantitative estimate of drug-likeness (QED) is 0.781. The van der Waals surface area contributed by atoms with Crippen LogP contribution in [0.5, 0.6) is 0 Å². The van der Waals surface area contributed by atoms with Crippen LogP contribution in [0, 0.1) is 5.82 Å². The fourth-order valence-electron chi connectivity index (χ4n) is 1.45. The highest BCUT2D eigenvalue weighted by atomic mass is 79.9. The van der Waals surface area contributed by atoms with Crippen molar-refractivity contribution in [3.8, 4) is 0 Å². The first-order valence-corrected chi connectivity index (χ1v) is 6.28. The lowest BCUT2D eigenvalue weighted by atomic mass is 10.1. The largest absolute Gasteiger partial charge is 0.355 e. The van der Waals surface area contributed by atoms with Crippen LogP contribution >= 0.6 is 28.3 Å². The Kier molecular flexibility index (Phi) is 8.97. The summed E-state index contributed by atoms with van der Waals surface area (Å²) in [5.74, 6) is -0.246. The van der Waals surface area contributed by atoms with Gasteiger partial charge in [0.15, 0.2) is 0 Å². The first-order chi connectivity index (χ1) is 8.13. The predicted molar refractivity (Wildman–Crippen MR) is 76.6 cm³/mol. The van der Waals surface area contributed by atoms with E-state index in [4.69, 9.17) is 0 Å². The van der Waals surface area contributed by atoms with Gasteiger partial charge in [-0.15, -0.1) is 12.4 Å². The minimum atomic E-state index is -0.207. The van der Waals surface area contributed by atoms with Crippen LogP contribution in [0.1, 0.15) is 12.0 Å². The molecule has 0 saturated carbocycles. The monoisotopic (exact) mass is 338 g/mol. The third-order valence-corrected chi connectivity index (χ3v) is 2.79. The maximum absolute atomic E-state index is 13.4. The van der Waals surface area contributed by atoms with E-state index in [1.807, 2.05) is 6.07 Å². The number of aryl methyl sites for hydroxylation is 1. The molecule has 0 bridgehead atoms. The molecule has 0 aliphatic rings. The average Bonchev–Trinajstić information content (AvgIpc) is 2.27. The van der Waals surface area contributed by atoms with Crippen molar-refractivity contribution in [1.82, 2.24) is 10.6 Å². The number of benzene rings is 1. The second-order valence-electron chi connectivity index (χ2n) is 3.72. The number of amides is 1. The topological polar surface area (TPSA) is 41.1 Å². The van der Waals surface area contributed by atoms with Crippen molar-refractivity contribution < 1.29 is 9.18 Å². The average molecular weight is 340 g/mol. The van der Waals surface area contributed by atoms with E-state index < -0.39 is 0 Å². The summed E-state index contributed by atoms with van der Waals surface area (Å²) in [6, 6.07) is 5.03. The number of rotatable bonds is 6. The number of carbonyl (C=O) groups is 1. The molecule has 0 aliphatic carbocycles. The van der Waals surface area contributed by atoms with E-state index in [1.54, 1.807) is 13.1 Å². The van der Waals surface area contributed by atoms with E-state index >= 15 is 0 Å². The maximum Gasteiger partial charge on any atom is 0.233 e. The number of likely N-dealkylation sites (N-methyl/N-ethyl adjacent to an activating group) is 1. The number of hydrogen-bond acceptors (Lipinski definition) is 2. The van der Waals surface area contributed by atoms with E-state index in [-0.39, 0.29) is 24.1 Å². The van der Waals surface area contributed by atoms with Gasteiger partial charge in [-0.25, -0.2) is 4.39 Å². The Morgan fingerprint density at radius 3 is 2.78 bits per heavy atom. The molecule has 3 nitrogen and oxygen atoms in total. The van der Waals surface area contributed by atoms with Crippen LogP contribution in [0.15, 0.2) is 22.7 Å². The van der Waals surface area contributed by atoms with Crippen molar-refractivity contribution in [2.24, 2.45) is 0 Å². The highest BCUT2D eigenvalue weighted by Gasteiger charge is 2.03. The lowest BCUT2D eigenvalue weighted by Crippen LogP contribution is -2.32. The number of halogens is 3. The molecule has 2 N–H and O–H groups in total. The van der Waals surface area contributed by atoms with E-state index in [2.05, 4.69) is 26.6 Å². The summed E-state index contributed by atoms with van der Waals surface area (Å²) in [6.45, 7) is 0.878. The lowest BCUT2D eigenvalue weighted by molar-refractivity contribution is -0.120. The Hall–Kier alpha value is -0.650. The fourth-order valence-corrected chi connectivity index (χ4v) is 1.79. The van der Waals surface area contributed by atoms with Gasteiger partial charge >= 0.3 is 0 Å². The molecule has 1 aromatic rings. The Morgan fingerprint density at radius 1 is 1.44 bits per heavy atom. The third kappa shape index (κ3) is 6.33. The minimum Gasteiger partial charge on any atom is -0.355 e. The van der Waals surface area contributed by atoms with Gasteiger partial charge in [0, 0.05) is 11.0 Å². The molecule has 18 heavy (non-hydrogen) atoms. The van der Waals surface area contributed by atoms with Crippen LogP contribution in [-0.2, 0) is 11.2 Å². The molecule has 102 valence electrons. The van der Waals surface area contributed by atoms with Crippen molar-refractivity contribution in [1.29, 1.82) is 0 Å². The van der Waals surface area contributed by atoms with Crippen LogP contribution in [0.4, 0.5) is 4.39 Å². The summed E-state index contributed by atoms with van der Waals surface area (Å²) < 4.78 is 14.2. The van der Waals surface area contributed by atoms with Crippen LogP contribution < -0.4 is 10.6 Å². The van der Waals surface area contributed by atoms with Crippen molar-refractivity contribution in [3.05, 3.63) is 34.1 Å². The Balaban J connectivity index is 0.00000289. The van der Waals surface area contributed by atoms with Crippen molar-refractivity contribution in [2.45, 2.75) is 12.8 Å². The summed E-state index contributed by atoms with van der Waals surface area (Å²) >= 11 is 3.21. The van der Waals surface area contributed by atoms with Gasteiger partial charge in [0.05, 0.1) is 6.54 Å². The zero-order valence-electron chi connectivity index (χ0n) is 10.1. The van der Waals surface area contributed by atoms with Crippen LogP contribution in [0.2, 0.25) is 0 Å². The second-order valence-corrected chi connectivity index (χ2v) is 4.64. The summed E-state index contributed by atoms with van der Waals surface area (Å²) in [5.41, 5.74) is 0.677. The number of carbonyl (C=O) groups excluding carboxylic acids is 1. The molecule has 1 amide bonds. The standard InChI is InChI=1S/C12H16BrFN2O.ClH/c1-15-8-12(17)16-6-2-3-9-4-5-10(13)7-11(9)14;/h4-5,7,15H,2-3,6,8H2,1H3,(H,16,17);1H. The van der Waals surface area contributed by atoms with E-state index in [0.717, 1.165) is 10.9 Å². The molecule has 0 radical (unpaired) electrons. The minimum absolute atomic E-state index is 0. The molecule has 0 saturated heterocycles. The molecule has 0 aliphatic heterocycles. The summed E-state index contributed by atoms with van der Waals surface area (Å²) in [5, 5.41) is 5.52. The van der Waals surface area contributed by atoms with Gasteiger partial charge in [0.2, 0.25) is 5.91 Å². The number of hydrogen-bond donors (Lipinski definition) is 2. The van der Waals surface area contributed by atoms with Gasteiger partial charge in [-0.2, -0.15) is 0 Å². The Bertz CT molecular complexity index is 390. The van der Waals surface area contributed by atoms with Gasteiger partial charge in [-0.1, -0.05) is 22.0 Å². The lowest BCUT2D eigenvalue weighted by Gasteiger charge is -2.06. The smallest absolute Gasteiger partial charge is 0.233 e. The zero-order chi connectivity index (χ0) is 12.7. The molecule has 1 rings (SSSR count). The second kappa shape index (κ2) is 9.30. The molecule has 0 atom stereocenters. The summed E-state index contributed by atoms with van der Waals surface area (Å²) in [6.07, 6.45) is 1.35. The molecular formula is C12H17BrClFN2O. The maximum atomic E-state index is 13.4. The number of nitrogens with one attached hydrogen (secondary N) is 2. The van der Waals surface area contributed by atoms with Crippen LogP contribution in [0.25, 0.3) is 0 Å². The molecular weight excluding hydrogens is 322 g/mol. The highest BCUT2D eigenvalue weighted by Crippen LogP contribution is 2.16. The van der Waals surface area contributed by atoms with E-state index in [1.165, 1.54) is 6.07 Å². The first-order valence-electron chi connectivity index (χ1n) is 5.48. The van der Waals surface area contributed by atoms with Crippen molar-refractivity contribution in [3.63, 3.8) is 0 Å². The molecule has 0 spiro atoms. The van der Waals surface area contributed by atoms with Gasteiger partial charge in [-0.05, 0) is 37.6 Å². The van der Waals surface area contributed by atoms with Crippen molar-refractivity contribution in [2.75, 3.05) is 20.1 Å². The zero-order valence-corrected chi connectivity index (χ0v) is 12.5. The molecule has 1 aromatic carbocycles. The molecule has 0 aromatic heterocycles. The Labute approximate surface area is 121 Å². The normalized spacial score (nSPS) is 9.72. The summed E-state index contributed by atoms with van der Waals surface area (Å²) in [4.78, 5) is 11.1. The van der Waals surface area contributed by atoms with Gasteiger partial charge in [-0.3, -0.25) is 4.79 Å². The van der Waals surface area contributed by atoms with Crippen molar-refractivity contribution >= 4 is 34.2 Å². The molecule has 0 heterocycles.